The number of hydrogen-bond acceptors (Lipinski definition) is 4. The number of nitrogens with one attached hydrogen (secondary N) is 2. The molecule has 0 aliphatic heterocycles. The second-order valence-corrected chi connectivity index (χ2v) is 3.69. The SMILES string of the molecule is O=C(O)CNC(=O)Cc1ccc2oc(=O)[nH]c2c1. The Kier molecular flexibility index (Phi) is 3.13. The van der Waals surface area contributed by atoms with Gasteiger partial charge in [0, 0.05) is 0 Å². The lowest BCUT2D eigenvalue weighted by Gasteiger charge is -2.02. The molecule has 0 radical (unpaired) electrons. The topological polar surface area (TPSA) is 112 Å². The highest BCUT2D eigenvalue weighted by molar-refractivity contribution is 5.83. The van der Waals surface area contributed by atoms with E-state index in [0.29, 0.717) is 16.7 Å². The van der Waals surface area contributed by atoms with Gasteiger partial charge in [0.05, 0.1) is 11.9 Å². The van der Waals surface area contributed by atoms with E-state index in [0.717, 1.165) is 0 Å². The van der Waals surface area contributed by atoms with Crippen LogP contribution in [0.5, 0.6) is 0 Å². The maximum absolute atomic E-state index is 11.4. The number of amides is 1. The van der Waals surface area contributed by atoms with Crippen molar-refractivity contribution in [2.75, 3.05) is 6.54 Å². The van der Waals surface area contributed by atoms with Gasteiger partial charge in [0.1, 0.15) is 6.54 Å². The molecule has 1 aromatic heterocycles. The van der Waals surface area contributed by atoms with E-state index < -0.39 is 24.2 Å². The zero-order chi connectivity index (χ0) is 13.1. The minimum Gasteiger partial charge on any atom is -0.480 e. The molecule has 1 heterocycles. The zero-order valence-electron chi connectivity index (χ0n) is 9.23. The number of rotatable bonds is 4. The normalized spacial score (nSPS) is 10.4. The van der Waals surface area contributed by atoms with Gasteiger partial charge < -0.3 is 14.8 Å². The Morgan fingerprint density at radius 2 is 2.17 bits per heavy atom. The number of carboxylic acids is 1. The third-order valence-electron chi connectivity index (χ3n) is 2.28. The molecule has 94 valence electrons. The predicted molar refractivity (Wildman–Crippen MR) is 61.2 cm³/mol. The number of carbonyl (C=O) groups is 2. The summed E-state index contributed by atoms with van der Waals surface area (Å²) in [5.74, 6) is -2.06. The van der Waals surface area contributed by atoms with E-state index in [4.69, 9.17) is 9.52 Å². The highest BCUT2D eigenvalue weighted by Gasteiger charge is 2.07. The zero-order valence-corrected chi connectivity index (χ0v) is 9.23. The number of fused-ring (bicyclic) bond motifs is 1. The summed E-state index contributed by atoms with van der Waals surface area (Å²) in [7, 11) is 0. The molecule has 7 nitrogen and oxygen atoms in total. The molecule has 0 unspecified atom stereocenters. The molecular formula is C11H10N2O5. The third-order valence-corrected chi connectivity index (χ3v) is 2.28. The van der Waals surface area contributed by atoms with Gasteiger partial charge in [-0.2, -0.15) is 0 Å². The molecule has 0 spiro atoms. The summed E-state index contributed by atoms with van der Waals surface area (Å²) in [5, 5.41) is 10.7. The largest absolute Gasteiger partial charge is 0.480 e. The minimum absolute atomic E-state index is 0.0381. The van der Waals surface area contributed by atoms with Gasteiger partial charge in [-0.25, -0.2) is 4.79 Å². The number of aromatic amines is 1. The molecule has 0 saturated heterocycles. The Labute approximate surface area is 100 Å². The molecule has 1 aromatic carbocycles. The molecular weight excluding hydrogens is 240 g/mol. The van der Waals surface area contributed by atoms with Gasteiger partial charge in [-0.15, -0.1) is 0 Å². The van der Waals surface area contributed by atoms with Crippen molar-refractivity contribution < 1.29 is 19.1 Å². The maximum atomic E-state index is 11.4. The van der Waals surface area contributed by atoms with Crippen LogP contribution in [0.2, 0.25) is 0 Å². The molecule has 0 atom stereocenters. The van der Waals surface area contributed by atoms with Crippen LogP contribution in [0.1, 0.15) is 5.56 Å². The van der Waals surface area contributed by atoms with Gasteiger partial charge in [0.25, 0.3) is 0 Å². The van der Waals surface area contributed by atoms with E-state index in [-0.39, 0.29) is 6.42 Å². The molecule has 0 saturated carbocycles. The summed E-state index contributed by atoms with van der Waals surface area (Å²) in [6.45, 7) is -0.413. The smallest absolute Gasteiger partial charge is 0.417 e. The van der Waals surface area contributed by atoms with Gasteiger partial charge in [-0.05, 0) is 17.7 Å². The number of aliphatic carboxylic acids is 1. The van der Waals surface area contributed by atoms with Crippen LogP contribution in [0, 0.1) is 0 Å². The van der Waals surface area contributed by atoms with Crippen LogP contribution in [0.15, 0.2) is 27.4 Å². The number of benzene rings is 1. The Hall–Kier alpha value is -2.57. The van der Waals surface area contributed by atoms with E-state index in [9.17, 15) is 14.4 Å². The number of hydrogen-bond donors (Lipinski definition) is 3. The van der Waals surface area contributed by atoms with Crippen molar-refractivity contribution >= 4 is 23.0 Å². The van der Waals surface area contributed by atoms with Gasteiger partial charge >= 0.3 is 11.7 Å². The summed E-state index contributed by atoms with van der Waals surface area (Å²) in [4.78, 5) is 35.1. The van der Waals surface area contributed by atoms with E-state index >= 15 is 0 Å². The number of carboxylic acid groups (broad SMARTS) is 1. The van der Waals surface area contributed by atoms with Crippen LogP contribution in [0.3, 0.4) is 0 Å². The highest BCUT2D eigenvalue weighted by Crippen LogP contribution is 2.12. The molecule has 2 aromatic rings. The lowest BCUT2D eigenvalue weighted by atomic mass is 10.1. The minimum atomic E-state index is -1.10. The van der Waals surface area contributed by atoms with Crippen molar-refractivity contribution in [3.63, 3.8) is 0 Å². The second kappa shape index (κ2) is 4.74. The summed E-state index contributed by atoms with van der Waals surface area (Å²) in [6, 6.07) is 4.83. The Balaban J connectivity index is 2.09. The van der Waals surface area contributed by atoms with Gasteiger partial charge in [0.15, 0.2) is 5.58 Å². The fourth-order valence-corrected chi connectivity index (χ4v) is 1.53. The Morgan fingerprint density at radius 3 is 2.89 bits per heavy atom. The average molecular weight is 250 g/mol. The standard InChI is InChI=1S/C11H10N2O5/c14-9(12-5-10(15)16)4-6-1-2-8-7(3-6)13-11(17)18-8/h1-3H,4-5H2,(H,12,14)(H,13,17)(H,15,16). The highest BCUT2D eigenvalue weighted by atomic mass is 16.4. The summed E-state index contributed by atoms with van der Waals surface area (Å²) in [6.07, 6.45) is 0.0381. The van der Waals surface area contributed by atoms with Crippen molar-refractivity contribution in [2.24, 2.45) is 0 Å². The number of H-pyrrole nitrogens is 1. The van der Waals surface area contributed by atoms with Crippen LogP contribution in [-0.2, 0) is 16.0 Å². The maximum Gasteiger partial charge on any atom is 0.417 e. The molecule has 7 heteroatoms. The molecule has 1 amide bonds. The van der Waals surface area contributed by atoms with Crippen LogP contribution < -0.4 is 11.1 Å². The van der Waals surface area contributed by atoms with E-state index in [1.165, 1.54) is 0 Å². The Bertz CT molecular complexity index is 655. The molecule has 0 fully saturated rings. The van der Waals surface area contributed by atoms with Crippen LogP contribution in [0.25, 0.3) is 11.1 Å². The molecule has 2 rings (SSSR count). The van der Waals surface area contributed by atoms with Crippen LogP contribution >= 0.6 is 0 Å². The fourth-order valence-electron chi connectivity index (χ4n) is 1.53. The third kappa shape index (κ3) is 2.76. The predicted octanol–water partition coefficient (Wildman–Crippen LogP) is -0.136. The summed E-state index contributed by atoms with van der Waals surface area (Å²) < 4.78 is 4.82. The summed E-state index contributed by atoms with van der Waals surface area (Å²) in [5.41, 5.74) is 1.57. The molecule has 0 bridgehead atoms. The van der Waals surface area contributed by atoms with Gasteiger partial charge in [0.2, 0.25) is 5.91 Å². The first-order chi connectivity index (χ1) is 8.54. The first kappa shape index (κ1) is 11.9. The van der Waals surface area contributed by atoms with Crippen molar-refractivity contribution in [2.45, 2.75) is 6.42 Å². The van der Waals surface area contributed by atoms with Gasteiger partial charge in [-0.3, -0.25) is 14.6 Å². The van der Waals surface area contributed by atoms with Gasteiger partial charge in [-0.1, -0.05) is 6.07 Å². The number of oxazole rings is 1. The second-order valence-electron chi connectivity index (χ2n) is 3.69. The quantitative estimate of drug-likeness (QED) is 0.699. The number of aromatic nitrogens is 1. The molecule has 0 aliphatic carbocycles. The summed E-state index contributed by atoms with van der Waals surface area (Å²) >= 11 is 0. The van der Waals surface area contributed by atoms with Crippen LogP contribution in [0.4, 0.5) is 0 Å². The van der Waals surface area contributed by atoms with Crippen molar-refractivity contribution in [3.8, 4) is 0 Å². The first-order valence-corrected chi connectivity index (χ1v) is 5.15. The lowest BCUT2D eigenvalue weighted by Crippen LogP contribution is -2.30. The van der Waals surface area contributed by atoms with E-state index in [2.05, 4.69) is 10.3 Å². The average Bonchev–Trinajstić information content (AvgIpc) is 2.66. The number of carbonyl (C=O) groups excluding carboxylic acids is 1. The first-order valence-electron chi connectivity index (χ1n) is 5.15. The Morgan fingerprint density at radius 1 is 1.39 bits per heavy atom. The molecule has 18 heavy (non-hydrogen) atoms. The monoisotopic (exact) mass is 250 g/mol. The van der Waals surface area contributed by atoms with E-state index in [1.54, 1.807) is 18.2 Å². The van der Waals surface area contributed by atoms with Crippen molar-refractivity contribution in [1.29, 1.82) is 0 Å². The van der Waals surface area contributed by atoms with E-state index in [1.807, 2.05) is 0 Å². The molecule has 3 N–H and O–H groups in total. The van der Waals surface area contributed by atoms with Crippen molar-refractivity contribution in [3.05, 3.63) is 34.3 Å². The van der Waals surface area contributed by atoms with Crippen LogP contribution in [-0.4, -0.2) is 28.5 Å². The lowest BCUT2D eigenvalue weighted by molar-refractivity contribution is -0.137. The molecule has 0 aliphatic rings. The van der Waals surface area contributed by atoms with Crippen molar-refractivity contribution in [1.82, 2.24) is 10.3 Å². The fraction of sp³-hybridized carbons (Fsp3) is 0.182.